The highest BCUT2D eigenvalue weighted by molar-refractivity contribution is 7.15. The van der Waals surface area contributed by atoms with Gasteiger partial charge in [0.2, 0.25) is 10.1 Å². The molecule has 0 spiro atoms. The molecule has 1 N–H and O–H groups in total. The Morgan fingerprint density at radius 2 is 1.95 bits per heavy atom. The van der Waals surface area contributed by atoms with Crippen molar-refractivity contribution >= 4 is 22.4 Å². The third-order valence-electron chi connectivity index (χ3n) is 2.57. The molecule has 0 amide bonds. The summed E-state index contributed by atoms with van der Waals surface area (Å²) in [7, 11) is 0. The molecule has 0 aliphatic carbocycles. The Labute approximate surface area is 123 Å². The van der Waals surface area contributed by atoms with Crippen molar-refractivity contribution in [1.82, 2.24) is 15.5 Å². The molecule has 0 bridgehead atoms. The molecular weight excluding hydrogens is 342 g/mol. The van der Waals surface area contributed by atoms with Crippen LogP contribution in [0.1, 0.15) is 5.01 Å². The fraction of sp³-hybridized carbons (Fsp3) is 0.667. The second-order valence-corrected chi connectivity index (χ2v) is 5.10. The quantitative estimate of drug-likeness (QED) is 0.642. The molecule has 1 aliphatic rings. The van der Waals surface area contributed by atoms with Crippen molar-refractivity contribution in [3.05, 3.63) is 5.01 Å². The zero-order chi connectivity index (χ0) is 16.5. The average molecular weight is 350 g/mol. The number of piperazine rings is 1. The highest BCUT2D eigenvalue weighted by atomic mass is 32.1. The number of nitrogens with one attached hydrogen (secondary N) is 1. The standard InChI is InChI=1S/C9H8F6N4O2S/c10-8(11,12)5-17-18-7(22-5)19-2-1-16-3-4(19)21-6(20)9(13,14)15/h4,16H,1-3H2. The van der Waals surface area contributed by atoms with Crippen molar-refractivity contribution in [3.8, 4) is 0 Å². The van der Waals surface area contributed by atoms with Gasteiger partial charge in [-0.25, -0.2) is 4.79 Å². The number of ether oxygens (including phenoxy) is 1. The first-order valence-electron chi connectivity index (χ1n) is 5.75. The lowest BCUT2D eigenvalue weighted by Gasteiger charge is -2.34. The maximum Gasteiger partial charge on any atom is 0.491 e. The number of carbonyl (C=O) groups is 1. The number of esters is 1. The Morgan fingerprint density at radius 3 is 2.50 bits per heavy atom. The zero-order valence-electron chi connectivity index (χ0n) is 10.5. The molecule has 0 saturated carbocycles. The van der Waals surface area contributed by atoms with Gasteiger partial charge in [-0.1, -0.05) is 11.3 Å². The van der Waals surface area contributed by atoms with Crippen molar-refractivity contribution in [2.45, 2.75) is 18.6 Å². The third-order valence-corrected chi connectivity index (χ3v) is 3.58. The Morgan fingerprint density at radius 1 is 1.27 bits per heavy atom. The Bertz CT molecular complexity index is 545. The van der Waals surface area contributed by atoms with Gasteiger partial charge in [0.1, 0.15) is 0 Å². The predicted molar refractivity (Wildman–Crippen MR) is 61.1 cm³/mol. The summed E-state index contributed by atoms with van der Waals surface area (Å²) >= 11 is 0.163. The lowest BCUT2D eigenvalue weighted by Crippen LogP contribution is -2.54. The maximum atomic E-state index is 12.5. The van der Waals surface area contributed by atoms with E-state index in [1.165, 1.54) is 0 Å². The van der Waals surface area contributed by atoms with Crippen LogP contribution in [-0.2, 0) is 15.7 Å². The maximum absolute atomic E-state index is 12.5. The number of aromatic nitrogens is 2. The minimum atomic E-state index is -5.19. The first-order valence-corrected chi connectivity index (χ1v) is 6.56. The van der Waals surface area contributed by atoms with E-state index in [0.717, 1.165) is 4.90 Å². The highest BCUT2D eigenvalue weighted by Gasteiger charge is 2.44. The molecular formula is C9H8F6N4O2S. The lowest BCUT2D eigenvalue weighted by molar-refractivity contribution is -0.205. The summed E-state index contributed by atoms with van der Waals surface area (Å²) in [6, 6.07) is 0. The SMILES string of the molecule is O=C(OC1CNCCN1c1nnc(C(F)(F)F)s1)C(F)(F)F. The second-order valence-electron chi connectivity index (χ2n) is 4.14. The molecule has 1 unspecified atom stereocenters. The van der Waals surface area contributed by atoms with Crippen molar-refractivity contribution in [2.75, 3.05) is 24.5 Å². The summed E-state index contributed by atoms with van der Waals surface area (Å²) in [5, 5.41) is 7.42. The van der Waals surface area contributed by atoms with Crippen LogP contribution < -0.4 is 10.2 Å². The summed E-state index contributed by atoms with van der Waals surface area (Å²) in [6.07, 6.45) is -11.3. The van der Waals surface area contributed by atoms with E-state index in [0.29, 0.717) is 0 Å². The molecule has 2 heterocycles. The molecule has 1 atom stereocenters. The van der Waals surface area contributed by atoms with Gasteiger partial charge in [-0.05, 0) is 0 Å². The number of carbonyl (C=O) groups excluding carboxylic acids is 1. The number of halogens is 6. The molecule has 13 heteroatoms. The second kappa shape index (κ2) is 5.87. The molecule has 1 saturated heterocycles. The van der Waals surface area contributed by atoms with E-state index in [-0.39, 0.29) is 36.1 Å². The van der Waals surface area contributed by atoms with Crippen LogP contribution in [0.25, 0.3) is 0 Å². The monoisotopic (exact) mass is 350 g/mol. The van der Waals surface area contributed by atoms with Crippen LogP contribution in [-0.4, -0.2) is 48.2 Å². The van der Waals surface area contributed by atoms with Gasteiger partial charge < -0.3 is 15.0 Å². The minimum absolute atomic E-state index is 0.0162. The van der Waals surface area contributed by atoms with E-state index < -0.39 is 29.6 Å². The lowest BCUT2D eigenvalue weighted by atomic mass is 10.3. The number of rotatable bonds is 2. The number of nitrogens with zero attached hydrogens (tertiary/aromatic N) is 3. The van der Waals surface area contributed by atoms with Crippen molar-refractivity contribution in [2.24, 2.45) is 0 Å². The highest BCUT2D eigenvalue weighted by Crippen LogP contribution is 2.35. The molecule has 22 heavy (non-hydrogen) atoms. The van der Waals surface area contributed by atoms with Crippen molar-refractivity contribution < 1.29 is 35.9 Å². The fourth-order valence-electron chi connectivity index (χ4n) is 1.64. The summed E-state index contributed by atoms with van der Waals surface area (Å²) < 4.78 is 78.3. The smallest absolute Gasteiger partial charge is 0.433 e. The summed E-state index contributed by atoms with van der Waals surface area (Å²) in [5.74, 6) is -2.42. The molecule has 0 radical (unpaired) electrons. The number of hydrogen-bond acceptors (Lipinski definition) is 7. The number of alkyl halides is 6. The molecule has 0 aromatic carbocycles. The minimum Gasteiger partial charge on any atom is -0.433 e. The summed E-state index contributed by atoms with van der Waals surface area (Å²) in [5.41, 5.74) is 0. The van der Waals surface area contributed by atoms with Crippen LogP contribution in [0.2, 0.25) is 0 Å². The van der Waals surface area contributed by atoms with Gasteiger partial charge in [0.25, 0.3) is 0 Å². The zero-order valence-corrected chi connectivity index (χ0v) is 11.3. The van der Waals surface area contributed by atoms with E-state index in [2.05, 4.69) is 20.3 Å². The van der Waals surface area contributed by atoms with Crippen molar-refractivity contribution in [1.29, 1.82) is 0 Å². The average Bonchev–Trinajstić information content (AvgIpc) is 2.87. The van der Waals surface area contributed by atoms with Crippen LogP contribution in [0.3, 0.4) is 0 Å². The van der Waals surface area contributed by atoms with E-state index in [4.69, 9.17) is 0 Å². The Balaban J connectivity index is 2.16. The van der Waals surface area contributed by atoms with Gasteiger partial charge in [-0.2, -0.15) is 26.3 Å². The molecule has 124 valence electrons. The van der Waals surface area contributed by atoms with Gasteiger partial charge in [0.05, 0.1) is 6.54 Å². The topological polar surface area (TPSA) is 67.3 Å². The van der Waals surface area contributed by atoms with Gasteiger partial charge in [0, 0.05) is 13.1 Å². The molecule has 1 aromatic rings. The van der Waals surface area contributed by atoms with Gasteiger partial charge in [-0.3, -0.25) is 0 Å². The van der Waals surface area contributed by atoms with Crippen LogP contribution >= 0.6 is 11.3 Å². The molecule has 6 nitrogen and oxygen atoms in total. The van der Waals surface area contributed by atoms with Gasteiger partial charge in [0.15, 0.2) is 6.23 Å². The van der Waals surface area contributed by atoms with E-state index in [1.807, 2.05) is 0 Å². The van der Waals surface area contributed by atoms with E-state index in [9.17, 15) is 31.1 Å². The van der Waals surface area contributed by atoms with Crippen LogP contribution in [0.5, 0.6) is 0 Å². The molecule has 1 aromatic heterocycles. The third kappa shape index (κ3) is 3.76. The summed E-state index contributed by atoms with van der Waals surface area (Å²) in [4.78, 5) is 11.9. The first-order chi connectivity index (χ1) is 10.1. The Hall–Kier alpha value is -1.63. The van der Waals surface area contributed by atoms with Crippen LogP contribution in [0, 0.1) is 0 Å². The molecule has 1 aliphatic heterocycles. The predicted octanol–water partition coefficient (Wildman–Crippen LogP) is 1.40. The Kier molecular flexibility index (Phi) is 4.47. The van der Waals surface area contributed by atoms with Crippen molar-refractivity contribution in [3.63, 3.8) is 0 Å². The van der Waals surface area contributed by atoms with Crippen LogP contribution in [0.4, 0.5) is 31.5 Å². The van der Waals surface area contributed by atoms with Gasteiger partial charge >= 0.3 is 18.3 Å². The largest absolute Gasteiger partial charge is 0.491 e. The van der Waals surface area contributed by atoms with Crippen LogP contribution in [0.15, 0.2) is 0 Å². The van der Waals surface area contributed by atoms with E-state index >= 15 is 0 Å². The first kappa shape index (κ1) is 16.7. The number of anilines is 1. The normalized spacial score (nSPS) is 20.1. The van der Waals surface area contributed by atoms with Gasteiger partial charge in [-0.15, -0.1) is 10.2 Å². The molecule has 2 rings (SSSR count). The van der Waals surface area contributed by atoms with E-state index in [1.54, 1.807) is 0 Å². The number of hydrogen-bond donors (Lipinski definition) is 1. The fourth-order valence-corrected chi connectivity index (χ4v) is 2.42. The molecule has 1 fully saturated rings. The summed E-state index contributed by atoms with van der Waals surface area (Å²) in [6.45, 7) is 0.117.